The van der Waals surface area contributed by atoms with E-state index in [1.54, 1.807) is 53.7 Å². The van der Waals surface area contributed by atoms with Crippen LogP contribution >= 0.6 is 0 Å². The van der Waals surface area contributed by atoms with E-state index in [1.165, 1.54) is 0 Å². The van der Waals surface area contributed by atoms with Crippen LogP contribution in [0.4, 0.5) is 9.59 Å². The summed E-state index contributed by atoms with van der Waals surface area (Å²) in [6.45, 7) is 15.6. The number of esters is 1. The van der Waals surface area contributed by atoms with Gasteiger partial charge in [-0.25, -0.2) is 14.4 Å². The first-order valence-electron chi connectivity index (χ1n) is 8.91. The van der Waals surface area contributed by atoms with E-state index < -0.39 is 29.1 Å². The molecule has 1 aromatic carbocycles. The molecule has 0 fully saturated rings. The van der Waals surface area contributed by atoms with Crippen molar-refractivity contribution in [2.45, 2.75) is 79.1 Å². The average Bonchev–Trinajstić information content (AvgIpc) is 2.42. The summed E-state index contributed by atoms with van der Waals surface area (Å²) in [6.07, 6.45) is -2.12. The molecule has 0 amide bonds. The van der Waals surface area contributed by atoms with E-state index in [0.717, 1.165) is 0 Å². The van der Waals surface area contributed by atoms with Crippen LogP contribution in [0, 0.1) is 0 Å². The molecule has 0 spiro atoms. The van der Waals surface area contributed by atoms with Crippen molar-refractivity contribution in [3.05, 3.63) is 35.9 Å². The van der Waals surface area contributed by atoms with E-state index in [1.807, 2.05) is 39.0 Å². The van der Waals surface area contributed by atoms with Gasteiger partial charge in [0.15, 0.2) is 0 Å². The minimum absolute atomic E-state index is 0.270. The first kappa shape index (κ1) is 25.4. The fourth-order valence-corrected chi connectivity index (χ4v) is 1.52. The zero-order valence-corrected chi connectivity index (χ0v) is 18.2. The van der Waals surface area contributed by atoms with Crippen molar-refractivity contribution in [1.82, 2.24) is 0 Å². The third kappa shape index (κ3) is 14.6. The van der Waals surface area contributed by atoms with Crippen molar-refractivity contribution >= 4 is 18.3 Å². The topological polar surface area (TPSA) is 88.1 Å². The summed E-state index contributed by atoms with van der Waals surface area (Å²) in [7, 11) is 0. The fraction of sp³-hybridized carbons (Fsp3) is 0.571. The summed E-state index contributed by atoms with van der Waals surface area (Å²) < 4.78 is 19.0. The normalized spacial score (nSPS) is 11.5. The van der Waals surface area contributed by atoms with E-state index in [0.29, 0.717) is 5.56 Å². The first-order valence-corrected chi connectivity index (χ1v) is 8.91. The standard InChI is InChI=1S/C11H14O2.C10H18O5/c1-11(2,3)13-10(12)9-7-5-4-6-8-9;1-9(2,3)14-7(11)13-8(12)15-10(4,5)6/h4-8H,1-3H3;1-6H3. The van der Waals surface area contributed by atoms with Crippen LogP contribution in [0.3, 0.4) is 0 Å². The number of rotatable bonds is 1. The Kier molecular flexibility index (Phi) is 9.18. The van der Waals surface area contributed by atoms with Crippen LogP contribution in [-0.4, -0.2) is 35.1 Å². The molecule has 1 rings (SSSR count). The lowest BCUT2D eigenvalue weighted by molar-refractivity contribution is -0.0294. The van der Waals surface area contributed by atoms with Gasteiger partial charge in [-0.2, -0.15) is 0 Å². The van der Waals surface area contributed by atoms with Gasteiger partial charge < -0.3 is 18.9 Å². The summed E-state index contributed by atoms with van der Waals surface area (Å²) in [6, 6.07) is 8.99. The van der Waals surface area contributed by atoms with Gasteiger partial charge in [-0.15, -0.1) is 0 Å². The Morgan fingerprint density at radius 2 is 0.964 bits per heavy atom. The highest BCUT2D eigenvalue weighted by atomic mass is 16.8. The largest absolute Gasteiger partial charge is 0.519 e. The van der Waals surface area contributed by atoms with Gasteiger partial charge in [-0.1, -0.05) is 18.2 Å². The van der Waals surface area contributed by atoms with Crippen LogP contribution in [0.15, 0.2) is 30.3 Å². The molecule has 158 valence electrons. The molecule has 0 aliphatic heterocycles. The lowest BCUT2D eigenvalue weighted by Crippen LogP contribution is -2.29. The Labute approximate surface area is 167 Å². The van der Waals surface area contributed by atoms with E-state index in [9.17, 15) is 14.4 Å². The van der Waals surface area contributed by atoms with Crippen molar-refractivity contribution in [2.24, 2.45) is 0 Å². The monoisotopic (exact) mass is 396 g/mol. The van der Waals surface area contributed by atoms with Crippen LogP contribution < -0.4 is 0 Å². The van der Waals surface area contributed by atoms with Gasteiger partial charge >= 0.3 is 18.3 Å². The summed E-state index contributed by atoms with van der Waals surface area (Å²) in [5, 5.41) is 0. The molecule has 0 bridgehead atoms. The van der Waals surface area contributed by atoms with Gasteiger partial charge in [0, 0.05) is 0 Å². The van der Waals surface area contributed by atoms with Gasteiger partial charge in [0.2, 0.25) is 0 Å². The Morgan fingerprint density at radius 3 is 1.29 bits per heavy atom. The molecule has 0 aliphatic rings. The molecule has 0 aliphatic carbocycles. The third-order valence-electron chi connectivity index (χ3n) is 2.35. The molecule has 7 nitrogen and oxygen atoms in total. The summed E-state index contributed by atoms with van der Waals surface area (Å²) >= 11 is 0. The number of hydrogen-bond acceptors (Lipinski definition) is 7. The van der Waals surface area contributed by atoms with Gasteiger partial charge in [0.1, 0.15) is 16.8 Å². The molecular weight excluding hydrogens is 364 g/mol. The SMILES string of the molecule is CC(C)(C)OC(=O)OC(=O)OC(C)(C)C.CC(C)(C)OC(=O)c1ccccc1. The van der Waals surface area contributed by atoms with Crippen molar-refractivity contribution in [1.29, 1.82) is 0 Å². The average molecular weight is 396 g/mol. The van der Waals surface area contributed by atoms with Crippen molar-refractivity contribution < 1.29 is 33.3 Å². The molecule has 28 heavy (non-hydrogen) atoms. The van der Waals surface area contributed by atoms with Crippen molar-refractivity contribution in [3.8, 4) is 0 Å². The van der Waals surface area contributed by atoms with E-state index in [2.05, 4.69) is 4.74 Å². The van der Waals surface area contributed by atoms with E-state index in [4.69, 9.17) is 14.2 Å². The third-order valence-corrected chi connectivity index (χ3v) is 2.35. The zero-order valence-electron chi connectivity index (χ0n) is 18.2. The Hall–Kier alpha value is -2.57. The van der Waals surface area contributed by atoms with Gasteiger partial charge in [0.05, 0.1) is 5.56 Å². The Balaban J connectivity index is 0.000000525. The fourth-order valence-electron chi connectivity index (χ4n) is 1.52. The summed E-state index contributed by atoms with van der Waals surface area (Å²) in [5.74, 6) is -0.270. The summed E-state index contributed by atoms with van der Waals surface area (Å²) in [4.78, 5) is 33.5. The second-order valence-electron chi connectivity index (χ2n) is 8.90. The predicted molar refractivity (Wildman–Crippen MR) is 105 cm³/mol. The number of carbonyl (C=O) groups excluding carboxylic acids is 3. The highest BCUT2D eigenvalue weighted by molar-refractivity contribution is 5.89. The Bertz CT molecular complexity index is 618. The minimum atomic E-state index is -1.06. The summed E-state index contributed by atoms with van der Waals surface area (Å²) in [5.41, 5.74) is -1.22. The number of benzene rings is 1. The number of carbonyl (C=O) groups is 3. The molecule has 0 unspecified atom stereocenters. The molecule has 0 heterocycles. The quantitative estimate of drug-likeness (QED) is 0.351. The second kappa shape index (κ2) is 10.1. The van der Waals surface area contributed by atoms with Crippen LogP contribution in [0.25, 0.3) is 0 Å². The van der Waals surface area contributed by atoms with Crippen LogP contribution in [0.2, 0.25) is 0 Å². The second-order valence-corrected chi connectivity index (χ2v) is 8.90. The van der Waals surface area contributed by atoms with Gasteiger partial charge in [0.25, 0.3) is 0 Å². The van der Waals surface area contributed by atoms with Crippen LogP contribution in [0.5, 0.6) is 0 Å². The maximum atomic E-state index is 11.4. The molecule has 0 N–H and O–H groups in total. The Morgan fingerprint density at radius 1 is 0.607 bits per heavy atom. The zero-order chi connectivity index (χ0) is 22.2. The van der Waals surface area contributed by atoms with E-state index >= 15 is 0 Å². The molecule has 1 aromatic rings. The molecule has 0 aromatic heterocycles. The highest BCUT2D eigenvalue weighted by Gasteiger charge is 2.24. The molecule has 7 heteroatoms. The van der Waals surface area contributed by atoms with Crippen molar-refractivity contribution in [2.75, 3.05) is 0 Å². The molecule has 0 saturated carbocycles. The van der Waals surface area contributed by atoms with Gasteiger partial charge in [-0.05, 0) is 74.4 Å². The minimum Gasteiger partial charge on any atom is -0.456 e. The maximum Gasteiger partial charge on any atom is 0.519 e. The predicted octanol–water partition coefficient (Wildman–Crippen LogP) is 5.52. The van der Waals surface area contributed by atoms with E-state index in [-0.39, 0.29) is 5.97 Å². The number of hydrogen-bond donors (Lipinski definition) is 0. The number of ether oxygens (including phenoxy) is 4. The van der Waals surface area contributed by atoms with Crippen LogP contribution in [0.1, 0.15) is 72.7 Å². The van der Waals surface area contributed by atoms with Crippen LogP contribution in [-0.2, 0) is 18.9 Å². The molecule has 0 radical (unpaired) electrons. The molecule has 0 saturated heterocycles. The lowest BCUT2D eigenvalue weighted by atomic mass is 10.2. The first-order chi connectivity index (χ1) is 12.5. The lowest BCUT2D eigenvalue weighted by Gasteiger charge is -2.20. The molecule has 0 atom stereocenters. The van der Waals surface area contributed by atoms with Gasteiger partial charge in [-0.3, -0.25) is 0 Å². The maximum absolute atomic E-state index is 11.4. The molecular formula is C21H32O7. The van der Waals surface area contributed by atoms with Crippen molar-refractivity contribution in [3.63, 3.8) is 0 Å². The highest BCUT2D eigenvalue weighted by Crippen LogP contribution is 2.12. The smallest absolute Gasteiger partial charge is 0.456 e.